The van der Waals surface area contributed by atoms with Gasteiger partial charge in [-0.3, -0.25) is 4.79 Å². The third-order valence-electron chi connectivity index (χ3n) is 5.79. The van der Waals surface area contributed by atoms with E-state index in [1.807, 2.05) is 48.3 Å². The summed E-state index contributed by atoms with van der Waals surface area (Å²) in [5.74, 6) is 0.0939. The number of rotatable bonds is 10. The lowest BCUT2D eigenvalue weighted by atomic mass is 10.0. The first-order chi connectivity index (χ1) is 15.8. The molecule has 1 heterocycles. The molecule has 0 unspecified atom stereocenters. The number of para-hydroxylation sites is 1. The highest BCUT2D eigenvalue weighted by molar-refractivity contribution is 5.76. The number of urea groups is 1. The van der Waals surface area contributed by atoms with Gasteiger partial charge in [-0.25, -0.2) is 9.48 Å². The number of aryl methyl sites for hydroxylation is 2. The Hall–Kier alpha value is -3.61. The Morgan fingerprint density at radius 1 is 1.03 bits per heavy atom. The first-order valence-electron chi connectivity index (χ1n) is 11.3. The van der Waals surface area contributed by atoms with E-state index in [0.717, 1.165) is 41.8 Å². The highest BCUT2D eigenvalue weighted by Crippen LogP contribution is 2.27. The van der Waals surface area contributed by atoms with Crippen LogP contribution in [0.3, 0.4) is 0 Å². The Labute approximate surface area is 195 Å². The molecule has 0 radical (unpaired) electrons. The van der Waals surface area contributed by atoms with Crippen LogP contribution >= 0.6 is 0 Å². The number of benzene rings is 2. The Bertz CT molecular complexity index is 1090. The molecule has 0 bridgehead atoms. The lowest BCUT2D eigenvalue weighted by molar-refractivity contribution is -0.130. The Balaban J connectivity index is 1.72. The zero-order chi connectivity index (χ0) is 23.8. The summed E-state index contributed by atoms with van der Waals surface area (Å²) in [7, 11) is 1.83. The molecule has 0 spiro atoms. The van der Waals surface area contributed by atoms with Crippen molar-refractivity contribution in [3.8, 4) is 16.9 Å². The fourth-order valence-corrected chi connectivity index (χ4v) is 3.69. The van der Waals surface area contributed by atoms with Crippen LogP contribution in [0.4, 0.5) is 4.79 Å². The van der Waals surface area contributed by atoms with E-state index in [-0.39, 0.29) is 5.91 Å². The van der Waals surface area contributed by atoms with E-state index in [0.29, 0.717) is 19.5 Å². The fraction of sp³-hybridized carbons (Fsp3) is 0.346. The smallest absolute Gasteiger partial charge is 0.312 e. The van der Waals surface area contributed by atoms with E-state index in [4.69, 9.17) is 10.8 Å². The zero-order valence-electron chi connectivity index (χ0n) is 19.7. The molecule has 0 aliphatic rings. The van der Waals surface area contributed by atoms with Crippen LogP contribution in [0.1, 0.15) is 42.4 Å². The average molecular weight is 448 g/mol. The van der Waals surface area contributed by atoms with Gasteiger partial charge in [0.15, 0.2) is 0 Å². The summed E-state index contributed by atoms with van der Waals surface area (Å²) >= 11 is 0. The Kier molecular flexibility index (Phi) is 8.24. The predicted octanol–water partition coefficient (Wildman–Crippen LogP) is 4.34. The summed E-state index contributed by atoms with van der Waals surface area (Å²) < 4.78 is 1.88. The van der Waals surface area contributed by atoms with Crippen LogP contribution in [-0.2, 0) is 11.3 Å². The molecule has 33 heavy (non-hydrogen) atoms. The summed E-state index contributed by atoms with van der Waals surface area (Å²) in [5.41, 5.74) is 11.4. The number of nitrogens with one attached hydrogen (secondary N) is 1. The molecule has 0 saturated heterocycles. The summed E-state index contributed by atoms with van der Waals surface area (Å²) in [6, 6.07) is 15.8. The van der Waals surface area contributed by atoms with Gasteiger partial charge in [-0.15, -0.1) is 0 Å². The number of hydrogen-bond donors (Lipinski definition) is 2. The number of nitrogens with two attached hydrogens (primary N) is 1. The third kappa shape index (κ3) is 6.68. The van der Waals surface area contributed by atoms with Crippen molar-refractivity contribution in [3.05, 3.63) is 71.4 Å². The Morgan fingerprint density at radius 3 is 2.48 bits per heavy atom. The van der Waals surface area contributed by atoms with Crippen molar-refractivity contribution >= 4 is 11.9 Å². The van der Waals surface area contributed by atoms with Crippen molar-refractivity contribution in [1.29, 1.82) is 0 Å². The summed E-state index contributed by atoms with van der Waals surface area (Å²) in [4.78, 5) is 25.2. The molecule has 0 aliphatic carbocycles. The van der Waals surface area contributed by atoms with Crippen molar-refractivity contribution in [2.45, 2.75) is 46.1 Å². The number of carbonyl (C=O) groups is 2. The van der Waals surface area contributed by atoms with Crippen molar-refractivity contribution in [2.75, 3.05) is 13.6 Å². The minimum absolute atomic E-state index is 0.0939. The second-order valence-corrected chi connectivity index (χ2v) is 8.43. The molecule has 0 saturated carbocycles. The molecule has 3 N–H and O–H groups in total. The van der Waals surface area contributed by atoms with Crippen LogP contribution in [0, 0.1) is 13.8 Å². The normalized spacial score (nSPS) is 10.8. The minimum Gasteiger partial charge on any atom is -0.352 e. The van der Waals surface area contributed by atoms with Gasteiger partial charge in [0.25, 0.3) is 0 Å². The summed E-state index contributed by atoms with van der Waals surface area (Å²) in [6.07, 6.45) is 4.93. The van der Waals surface area contributed by atoms with Gasteiger partial charge in [-0.2, -0.15) is 5.10 Å². The van der Waals surface area contributed by atoms with Crippen LogP contribution < -0.4 is 11.1 Å². The van der Waals surface area contributed by atoms with E-state index in [1.165, 1.54) is 11.1 Å². The topological polar surface area (TPSA) is 93.2 Å². The molecule has 3 amide bonds. The maximum Gasteiger partial charge on any atom is 0.312 e. The van der Waals surface area contributed by atoms with Crippen molar-refractivity contribution in [1.82, 2.24) is 20.0 Å². The molecule has 0 atom stereocenters. The van der Waals surface area contributed by atoms with Crippen LogP contribution in [-0.4, -0.2) is 40.2 Å². The number of primary amides is 1. The van der Waals surface area contributed by atoms with E-state index >= 15 is 0 Å². The average Bonchev–Trinajstić information content (AvgIpc) is 3.22. The number of unbranched alkanes of at least 4 members (excludes halogenated alkanes) is 2. The number of nitrogens with zero attached hydrogens (tertiary/aromatic N) is 3. The molecule has 7 nitrogen and oxygen atoms in total. The highest BCUT2D eigenvalue weighted by atomic mass is 16.2. The van der Waals surface area contributed by atoms with Gasteiger partial charge in [-0.1, -0.05) is 36.8 Å². The standard InChI is InChI=1S/C26H33N5O2/c1-19-13-14-21(16-20(19)2)25-22(18-31(29-25)23-10-6-4-7-11-23)17-30(3)24(32)12-8-5-9-15-28-26(27)33/h4,6-7,10-11,13-14,16,18H,5,8-9,12,15,17H2,1-3H3,(H3,27,28,33). The van der Waals surface area contributed by atoms with E-state index in [2.05, 4.69) is 37.4 Å². The quantitative estimate of drug-likeness (QED) is 0.453. The largest absolute Gasteiger partial charge is 0.352 e. The molecule has 174 valence electrons. The molecule has 3 aromatic rings. The highest BCUT2D eigenvalue weighted by Gasteiger charge is 2.17. The molecule has 0 fully saturated rings. The number of aromatic nitrogens is 2. The summed E-state index contributed by atoms with van der Waals surface area (Å²) in [6.45, 7) is 5.22. The number of carbonyl (C=O) groups excluding carboxylic acids is 2. The molecular weight excluding hydrogens is 414 g/mol. The maximum atomic E-state index is 12.7. The number of amides is 3. The maximum absolute atomic E-state index is 12.7. The SMILES string of the molecule is Cc1ccc(-c2nn(-c3ccccc3)cc2CN(C)C(=O)CCCCCNC(N)=O)cc1C. The van der Waals surface area contributed by atoms with Gasteiger partial charge in [-0.05, 0) is 56.0 Å². The van der Waals surface area contributed by atoms with Gasteiger partial charge in [0.05, 0.1) is 11.4 Å². The van der Waals surface area contributed by atoms with Crippen molar-refractivity contribution in [3.63, 3.8) is 0 Å². The van der Waals surface area contributed by atoms with Crippen molar-refractivity contribution in [2.24, 2.45) is 5.73 Å². The molecule has 2 aromatic carbocycles. The van der Waals surface area contributed by atoms with Gasteiger partial charge < -0.3 is 16.0 Å². The zero-order valence-corrected chi connectivity index (χ0v) is 19.7. The Morgan fingerprint density at radius 2 is 1.79 bits per heavy atom. The number of hydrogen-bond acceptors (Lipinski definition) is 3. The monoisotopic (exact) mass is 447 g/mol. The molecule has 3 rings (SSSR count). The first-order valence-corrected chi connectivity index (χ1v) is 11.3. The van der Waals surface area contributed by atoms with E-state index in [1.54, 1.807) is 4.90 Å². The van der Waals surface area contributed by atoms with Gasteiger partial charge in [0.1, 0.15) is 0 Å². The van der Waals surface area contributed by atoms with Crippen LogP contribution in [0.5, 0.6) is 0 Å². The molecule has 0 aliphatic heterocycles. The fourth-order valence-electron chi connectivity index (χ4n) is 3.69. The second kappa shape index (κ2) is 11.3. The van der Waals surface area contributed by atoms with Gasteiger partial charge in [0.2, 0.25) is 5.91 Å². The van der Waals surface area contributed by atoms with E-state index < -0.39 is 6.03 Å². The lowest BCUT2D eigenvalue weighted by Crippen LogP contribution is -2.30. The van der Waals surface area contributed by atoms with Crippen LogP contribution in [0.25, 0.3) is 16.9 Å². The van der Waals surface area contributed by atoms with Crippen LogP contribution in [0.15, 0.2) is 54.7 Å². The minimum atomic E-state index is -0.513. The summed E-state index contributed by atoms with van der Waals surface area (Å²) in [5, 5.41) is 7.45. The molecule has 7 heteroatoms. The van der Waals surface area contributed by atoms with Crippen molar-refractivity contribution < 1.29 is 9.59 Å². The lowest BCUT2D eigenvalue weighted by Gasteiger charge is -2.17. The third-order valence-corrected chi connectivity index (χ3v) is 5.79. The first kappa shape index (κ1) is 24.0. The molecule has 1 aromatic heterocycles. The van der Waals surface area contributed by atoms with Gasteiger partial charge in [0, 0.05) is 43.9 Å². The molecular formula is C26H33N5O2. The van der Waals surface area contributed by atoms with Gasteiger partial charge >= 0.3 is 6.03 Å². The van der Waals surface area contributed by atoms with E-state index in [9.17, 15) is 9.59 Å². The predicted molar refractivity (Wildman–Crippen MR) is 131 cm³/mol. The van der Waals surface area contributed by atoms with Crippen LogP contribution in [0.2, 0.25) is 0 Å². The second-order valence-electron chi connectivity index (χ2n) is 8.43.